The van der Waals surface area contributed by atoms with Crippen molar-refractivity contribution in [3.8, 4) is 5.75 Å². The molecule has 1 aliphatic carbocycles. The third kappa shape index (κ3) is 4.96. The largest absolute Gasteiger partial charge is 0.507 e. The molecule has 0 bridgehead atoms. The minimum absolute atomic E-state index is 0.155. The molecule has 4 atom stereocenters. The van der Waals surface area contributed by atoms with Crippen molar-refractivity contribution >= 4 is 47.0 Å². The Morgan fingerprint density at radius 1 is 0.886 bits per heavy atom. The number of rotatable bonds is 6. The van der Waals surface area contributed by atoms with E-state index in [2.05, 4.69) is 18.2 Å². The van der Waals surface area contributed by atoms with Gasteiger partial charge < -0.3 is 14.8 Å². The molecule has 2 saturated heterocycles. The Morgan fingerprint density at radius 2 is 1.57 bits per heavy atom. The summed E-state index contributed by atoms with van der Waals surface area (Å²) in [5, 5.41) is 23.1. The molecule has 2 fully saturated rings. The van der Waals surface area contributed by atoms with Crippen LogP contribution in [-0.2, 0) is 14.2 Å². The van der Waals surface area contributed by atoms with Crippen LogP contribution in [0.2, 0.25) is 6.32 Å². The van der Waals surface area contributed by atoms with E-state index >= 15 is 0 Å². The maximum Gasteiger partial charge on any atom is 0.455 e. The number of fused-ring (bicyclic) bond motifs is 4. The molecule has 0 spiro atoms. The third-order valence-electron chi connectivity index (χ3n) is 9.55. The van der Waals surface area contributed by atoms with E-state index in [1.807, 2.05) is 73.7 Å². The minimum Gasteiger partial charge on any atom is -0.507 e. The van der Waals surface area contributed by atoms with Crippen LogP contribution >= 0.6 is 0 Å². The first-order valence-electron chi connectivity index (χ1n) is 15.3. The van der Waals surface area contributed by atoms with Gasteiger partial charge in [0.05, 0.1) is 23.6 Å². The van der Waals surface area contributed by atoms with Gasteiger partial charge in [0.15, 0.2) is 0 Å². The second-order valence-electron chi connectivity index (χ2n) is 12.1. The summed E-state index contributed by atoms with van der Waals surface area (Å²) in [6.45, 7) is 2.05. The lowest BCUT2D eigenvalue weighted by atomic mass is 9.58. The Labute approximate surface area is 257 Å². The normalized spacial score (nSPS) is 23.7. The molecular formula is C37H34BNO5. The molecule has 6 nitrogen and oxygen atoms in total. The van der Waals surface area contributed by atoms with Crippen molar-refractivity contribution in [2.45, 2.75) is 38.6 Å². The summed E-state index contributed by atoms with van der Waals surface area (Å²) < 4.78 is 6.20. The first-order valence-corrected chi connectivity index (χ1v) is 15.3. The summed E-state index contributed by atoms with van der Waals surface area (Å²) in [5.74, 6) is -1.27. The number of amides is 2. The molecule has 0 aromatic heterocycles. The maximum atomic E-state index is 13.8. The lowest BCUT2D eigenvalue weighted by Gasteiger charge is -2.42. The van der Waals surface area contributed by atoms with E-state index in [1.54, 1.807) is 18.2 Å². The van der Waals surface area contributed by atoms with Crippen LogP contribution < -0.4 is 4.90 Å². The molecule has 3 aliphatic rings. The number of carbonyl (C=O) groups is 2. The number of para-hydroxylation sites is 1. The fourth-order valence-corrected chi connectivity index (χ4v) is 7.61. The fraction of sp³-hybridized carbons (Fsp3) is 0.243. The standard InChI is InChI=1S/C37H34BNO5/c1-23-20-30-35(37(42)39(36(30)41)27-12-6-3-7-13-27)31-22-38(43)44-33(34(23)31)19-17-25(24-10-4-2-5-11-24)21-26-16-18-32(40)29-15-9-8-14-28(26)29/h2-16,18,21,30-31,33,35,40,43H,17,19-20,22H2,1H3/b25-21-/t30-,31+,33-,35-/m1/s1. The number of aromatic hydroxyl groups is 1. The van der Waals surface area contributed by atoms with Crippen LogP contribution in [0.5, 0.6) is 5.75 Å². The summed E-state index contributed by atoms with van der Waals surface area (Å²) >= 11 is 0. The number of carbonyl (C=O) groups excluding carboxylic acids is 2. The Bertz CT molecular complexity index is 1800. The van der Waals surface area contributed by atoms with Gasteiger partial charge in [0.2, 0.25) is 11.8 Å². The molecule has 220 valence electrons. The zero-order chi connectivity index (χ0) is 30.4. The number of allylic oxidation sites excluding steroid dienone is 2. The predicted molar refractivity (Wildman–Crippen MR) is 174 cm³/mol. The monoisotopic (exact) mass is 583 g/mol. The van der Waals surface area contributed by atoms with Crippen LogP contribution in [0.3, 0.4) is 0 Å². The van der Waals surface area contributed by atoms with E-state index in [4.69, 9.17) is 4.65 Å². The number of phenols is 1. The van der Waals surface area contributed by atoms with Crippen molar-refractivity contribution in [2.75, 3.05) is 4.90 Å². The molecule has 0 saturated carbocycles. The summed E-state index contributed by atoms with van der Waals surface area (Å²) in [7, 11) is -1.01. The molecule has 44 heavy (non-hydrogen) atoms. The highest BCUT2D eigenvalue weighted by Crippen LogP contribution is 2.51. The number of anilines is 1. The second kappa shape index (κ2) is 11.6. The topological polar surface area (TPSA) is 87.1 Å². The highest BCUT2D eigenvalue weighted by Gasteiger charge is 2.57. The van der Waals surface area contributed by atoms with Gasteiger partial charge in [0, 0.05) is 5.39 Å². The van der Waals surface area contributed by atoms with E-state index in [0.29, 0.717) is 31.3 Å². The molecular weight excluding hydrogens is 549 g/mol. The van der Waals surface area contributed by atoms with Gasteiger partial charge in [-0.1, -0.05) is 90.5 Å². The van der Waals surface area contributed by atoms with Crippen LogP contribution in [0.1, 0.15) is 37.3 Å². The Kier molecular flexibility index (Phi) is 7.44. The zero-order valence-corrected chi connectivity index (χ0v) is 24.6. The zero-order valence-electron chi connectivity index (χ0n) is 24.6. The van der Waals surface area contributed by atoms with Gasteiger partial charge in [0.1, 0.15) is 5.75 Å². The maximum absolute atomic E-state index is 13.8. The molecule has 7 rings (SSSR count). The van der Waals surface area contributed by atoms with Gasteiger partial charge in [-0.3, -0.25) is 14.5 Å². The second-order valence-corrected chi connectivity index (χ2v) is 12.1. The van der Waals surface area contributed by atoms with Gasteiger partial charge in [-0.25, -0.2) is 0 Å². The van der Waals surface area contributed by atoms with Crippen molar-refractivity contribution in [3.05, 3.63) is 119 Å². The molecule has 2 N–H and O–H groups in total. The molecule has 0 radical (unpaired) electrons. The Morgan fingerprint density at radius 3 is 2.32 bits per heavy atom. The van der Waals surface area contributed by atoms with Gasteiger partial charge >= 0.3 is 7.12 Å². The van der Waals surface area contributed by atoms with Crippen molar-refractivity contribution in [1.82, 2.24) is 0 Å². The number of imide groups is 1. The number of phenolic OH excluding ortho intramolecular Hbond substituents is 1. The molecule has 2 amide bonds. The van der Waals surface area contributed by atoms with Gasteiger partial charge in [0.25, 0.3) is 0 Å². The Hall–Kier alpha value is -4.46. The SMILES string of the molecule is CC1=C2[C@@H](CC/C(=C/c3ccc(O)c4ccccc34)c3ccccc3)OB(O)C[C@@H]2[C@@H]2C(=O)N(c3ccccc3)C(=O)[C@@H]2C1. The van der Waals surface area contributed by atoms with E-state index in [9.17, 15) is 19.7 Å². The van der Waals surface area contributed by atoms with Crippen LogP contribution in [0.25, 0.3) is 22.4 Å². The van der Waals surface area contributed by atoms with Crippen LogP contribution in [0.15, 0.2) is 108 Å². The number of benzene rings is 4. The van der Waals surface area contributed by atoms with Gasteiger partial charge in [-0.05, 0) is 84.3 Å². The predicted octanol–water partition coefficient (Wildman–Crippen LogP) is 6.89. The number of hydrogen-bond donors (Lipinski definition) is 2. The molecule has 2 heterocycles. The summed E-state index contributed by atoms with van der Waals surface area (Å²) in [5.41, 5.74) is 5.94. The quantitative estimate of drug-likeness (QED) is 0.112. The highest BCUT2D eigenvalue weighted by atomic mass is 16.5. The number of nitrogens with zero attached hydrogens (tertiary/aromatic N) is 1. The summed E-state index contributed by atoms with van der Waals surface area (Å²) in [6.07, 6.45) is 3.88. The lowest BCUT2D eigenvalue weighted by Crippen LogP contribution is -2.46. The summed E-state index contributed by atoms with van der Waals surface area (Å²) in [6, 6.07) is 30.8. The highest BCUT2D eigenvalue weighted by molar-refractivity contribution is 6.43. The first-order chi connectivity index (χ1) is 21.4. The lowest BCUT2D eigenvalue weighted by molar-refractivity contribution is -0.122. The third-order valence-corrected chi connectivity index (χ3v) is 9.55. The molecule has 0 unspecified atom stereocenters. The first kappa shape index (κ1) is 28.3. The van der Waals surface area contributed by atoms with Gasteiger partial charge in [-0.15, -0.1) is 0 Å². The van der Waals surface area contributed by atoms with Crippen molar-refractivity contribution < 1.29 is 24.4 Å². The molecule has 4 aromatic carbocycles. The van der Waals surface area contributed by atoms with E-state index in [-0.39, 0.29) is 29.6 Å². The molecule has 2 aliphatic heterocycles. The van der Waals surface area contributed by atoms with Gasteiger partial charge in [-0.2, -0.15) is 0 Å². The molecule has 4 aromatic rings. The molecule has 7 heteroatoms. The smallest absolute Gasteiger partial charge is 0.455 e. The van der Waals surface area contributed by atoms with Crippen molar-refractivity contribution in [2.24, 2.45) is 17.8 Å². The minimum atomic E-state index is -1.01. The van der Waals surface area contributed by atoms with E-state index < -0.39 is 19.0 Å². The van der Waals surface area contributed by atoms with Crippen LogP contribution in [0.4, 0.5) is 5.69 Å². The van der Waals surface area contributed by atoms with Crippen LogP contribution in [-0.4, -0.2) is 35.2 Å². The average molecular weight is 583 g/mol. The van der Waals surface area contributed by atoms with Crippen molar-refractivity contribution in [3.63, 3.8) is 0 Å². The number of hydrogen-bond acceptors (Lipinski definition) is 5. The summed E-state index contributed by atoms with van der Waals surface area (Å²) in [4.78, 5) is 28.8. The van der Waals surface area contributed by atoms with E-state index in [1.165, 1.54) is 4.90 Å². The van der Waals surface area contributed by atoms with Crippen LogP contribution in [0, 0.1) is 17.8 Å². The van der Waals surface area contributed by atoms with Crippen molar-refractivity contribution in [1.29, 1.82) is 0 Å². The fourth-order valence-electron chi connectivity index (χ4n) is 7.61. The average Bonchev–Trinajstić information content (AvgIpc) is 3.29. The van der Waals surface area contributed by atoms with E-state index in [0.717, 1.165) is 38.6 Å². The Balaban J connectivity index is 1.21.